The second-order valence-electron chi connectivity index (χ2n) is 4.27. The molecule has 1 aromatic heterocycles. The minimum absolute atomic E-state index is 0.0685. The van der Waals surface area contributed by atoms with Gasteiger partial charge < -0.3 is 24.7 Å². The van der Waals surface area contributed by atoms with Crippen LogP contribution in [0.4, 0.5) is 8.78 Å². The Morgan fingerprint density at radius 1 is 1.65 bits per heavy atom. The van der Waals surface area contributed by atoms with Crippen molar-refractivity contribution in [2.75, 3.05) is 6.56 Å². The Kier molecular flexibility index (Phi) is 3.80. The lowest BCUT2D eigenvalue weighted by Gasteiger charge is -2.22. The average molecular weight is 379 g/mol. The molecule has 4 atom stereocenters. The van der Waals surface area contributed by atoms with Crippen LogP contribution in [0, 0.1) is 10.5 Å². The minimum Gasteiger partial charge on any atom is -0.385 e. The van der Waals surface area contributed by atoms with E-state index in [4.69, 9.17) is 13.9 Å². The molecule has 0 unspecified atom stereocenters. The van der Waals surface area contributed by atoms with Gasteiger partial charge in [0.1, 0.15) is 23.4 Å². The maximum Gasteiger partial charge on any atom is 0.469 e. The molecule has 2 rings (SSSR count). The summed E-state index contributed by atoms with van der Waals surface area (Å²) >= 11 is 4.43. The van der Waals surface area contributed by atoms with Crippen LogP contribution >= 0.6 is 20.0 Å². The molecule has 0 saturated carbocycles. The Hall–Kier alpha value is -1.05. The Labute approximate surface area is 135 Å². The average Bonchev–Trinajstić information content (AvgIpc) is 2.63. The third-order valence-electron chi connectivity index (χ3n) is 2.63. The van der Waals surface area contributed by atoms with E-state index in [-0.39, 0.29) is 10.8 Å². The van der Waals surface area contributed by atoms with Gasteiger partial charge in [-0.05, 0) is 0 Å². The van der Waals surface area contributed by atoms with Crippen LogP contribution in [0.1, 0.15) is 10.3 Å². The van der Waals surface area contributed by atoms with Gasteiger partial charge in [-0.15, -0.1) is 0 Å². The lowest BCUT2D eigenvalue weighted by atomic mass is 10.1. The van der Waals surface area contributed by atoms with Crippen molar-refractivity contribution in [1.29, 1.82) is 0 Å². The molecular weight excluding hydrogens is 365 g/mol. The predicted octanol–water partition coefficient (Wildman–Crippen LogP) is -0.929. The zero-order valence-electron chi connectivity index (χ0n) is 13.7. The van der Waals surface area contributed by atoms with Gasteiger partial charge >= 0.3 is 13.5 Å². The van der Waals surface area contributed by atoms with Crippen LogP contribution in [-0.4, -0.2) is 54.2 Å². The molecule has 1 fully saturated rings. The van der Waals surface area contributed by atoms with Crippen molar-refractivity contribution in [2.45, 2.75) is 24.3 Å². The van der Waals surface area contributed by atoms with Crippen molar-refractivity contribution >= 4 is 20.0 Å². The number of H-pyrrole nitrogens is 1. The molecule has 0 spiro atoms. The minimum atomic E-state index is -5.66. The van der Waals surface area contributed by atoms with Crippen molar-refractivity contribution in [2.24, 2.45) is 0 Å². The summed E-state index contributed by atoms with van der Waals surface area (Å²) < 4.78 is 68.9. The second kappa shape index (κ2) is 6.11. The summed E-state index contributed by atoms with van der Waals surface area (Å²) in [6.45, 7) is -4.10. The zero-order valence-corrected chi connectivity index (χ0v) is 12.4. The lowest BCUT2D eigenvalue weighted by Crippen LogP contribution is -2.42. The first-order chi connectivity index (χ1) is 11.5. The normalized spacial score (nSPS) is 37.2. The molecule has 1 saturated heterocycles. The van der Waals surface area contributed by atoms with Gasteiger partial charge in [-0.1, -0.05) is 12.2 Å². The maximum absolute atomic E-state index is 14.9. The quantitative estimate of drug-likeness (QED) is 0.330. The molecule has 1 aliphatic rings. The number of alkyl halides is 1. The van der Waals surface area contributed by atoms with Crippen LogP contribution in [0.3, 0.4) is 0 Å². The van der Waals surface area contributed by atoms with Gasteiger partial charge in [-0.3, -0.25) is 14.1 Å². The molecule has 1 aromatic rings. The fourth-order valence-corrected chi connectivity index (χ4v) is 2.00. The number of phosphoric acid groups is 1. The number of ether oxygens (including phenoxy) is 1. The Morgan fingerprint density at radius 3 is 2.83 bits per heavy atom. The Bertz CT molecular complexity index is 894. The maximum atomic E-state index is 14.9. The second-order valence-corrected chi connectivity index (χ2v) is 5.84. The van der Waals surface area contributed by atoms with Crippen LogP contribution in [0.5, 0.6) is 0 Å². The predicted molar refractivity (Wildman–Crippen MR) is 69.8 cm³/mol. The molecule has 10 nitrogen and oxygen atoms in total. The lowest BCUT2D eigenvalue weighted by molar-refractivity contribution is -0.205. The zero-order chi connectivity index (χ0) is 20.3. The summed E-state index contributed by atoms with van der Waals surface area (Å²) in [4.78, 5) is 30.9. The van der Waals surface area contributed by atoms with Crippen LogP contribution in [0.2, 0.25) is 0 Å². The van der Waals surface area contributed by atoms with Crippen molar-refractivity contribution < 1.29 is 46.7 Å². The molecule has 130 valence electrons. The number of rotatable bonds is 4. The van der Waals surface area contributed by atoms with E-state index in [1.807, 2.05) is 0 Å². The smallest absolute Gasteiger partial charge is 0.385 e. The summed E-state index contributed by atoms with van der Waals surface area (Å²) in [5.41, 5.74) is -1.39. The number of aliphatic hydroxyl groups excluding tert-OH is 2. The van der Waals surface area contributed by atoms with Gasteiger partial charge in [0.05, 0.1) is 10.3 Å². The van der Waals surface area contributed by atoms with E-state index >= 15 is 0 Å². The largest absolute Gasteiger partial charge is 0.469 e. The summed E-state index contributed by atoms with van der Waals surface area (Å²) in [5.74, 6) is -5.54. The third kappa shape index (κ3) is 3.72. The molecule has 0 aliphatic carbocycles. The molecule has 0 radical (unpaired) electrons. The van der Waals surface area contributed by atoms with Crippen LogP contribution in [0.25, 0.3) is 0 Å². The van der Waals surface area contributed by atoms with Crippen LogP contribution < -0.4 is 5.69 Å². The molecular formula is C9H11F2N2O8PS. The Morgan fingerprint density at radius 2 is 2.26 bits per heavy atom. The van der Waals surface area contributed by atoms with Gasteiger partial charge in [-0.25, -0.2) is 18.1 Å². The van der Waals surface area contributed by atoms with Crippen molar-refractivity contribution in [3.05, 3.63) is 27.1 Å². The van der Waals surface area contributed by atoms with E-state index in [2.05, 4.69) is 21.5 Å². The number of aromatic nitrogens is 2. The standard InChI is InChI=1S/C9H11F2N2O8PS/c10-3-1-13(8(16)12-6(3)23)7-4(14)5(15)9(11,21-7)2-20-22(17,18)19/h1,4-5,7,14-15H,2H2,(H,12,16,23)(H2,17,18,19)/t4-,5+,7-,9-/m1/s1/i2D2,7D. The first-order valence-corrected chi connectivity index (χ1v) is 7.52. The highest BCUT2D eigenvalue weighted by molar-refractivity contribution is 7.71. The molecule has 0 amide bonds. The number of aliphatic hydroxyl groups is 2. The number of nitrogens with zero attached hydrogens (tertiary/aromatic N) is 1. The number of phosphoric ester groups is 1. The highest BCUT2D eigenvalue weighted by atomic mass is 32.1. The van der Waals surface area contributed by atoms with Crippen LogP contribution in [-0.2, 0) is 13.8 Å². The topological polar surface area (TPSA) is 154 Å². The fraction of sp³-hybridized carbons (Fsp3) is 0.556. The van der Waals surface area contributed by atoms with E-state index in [1.165, 1.54) is 0 Å². The molecule has 1 aliphatic heterocycles. The molecule has 2 heterocycles. The van der Waals surface area contributed by atoms with E-state index < -0.39 is 54.8 Å². The van der Waals surface area contributed by atoms with E-state index in [0.29, 0.717) is 0 Å². The van der Waals surface area contributed by atoms with Gasteiger partial charge in [0.25, 0.3) is 5.85 Å². The first-order valence-electron chi connectivity index (χ1n) is 7.08. The highest BCUT2D eigenvalue weighted by Gasteiger charge is 2.57. The van der Waals surface area contributed by atoms with Crippen molar-refractivity contribution in [3.8, 4) is 0 Å². The third-order valence-corrected chi connectivity index (χ3v) is 3.25. The van der Waals surface area contributed by atoms with Crippen molar-refractivity contribution in [1.82, 2.24) is 9.55 Å². The summed E-state index contributed by atoms with van der Waals surface area (Å²) in [6.07, 6.45) is -8.81. The summed E-state index contributed by atoms with van der Waals surface area (Å²) in [7, 11) is -5.66. The summed E-state index contributed by atoms with van der Waals surface area (Å²) in [6, 6.07) is 0. The van der Waals surface area contributed by atoms with Gasteiger partial charge in [0.2, 0.25) is 0 Å². The monoisotopic (exact) mass is 379 g/mol. The first kappa shape index (κ1) is 14.3. The van der Waals surface area contributed by atoms with E-state index in [9.17, 15) is 28.4 Å². The number of halogens is 2. The number of hydrogen-bond acceptors (Lipinski definition) is 7. The van der Waals surface area contributed by atoms with E-state index in [0.717, 1.165) is 0 Å². The van der Waals surface area contributed by atoms with Gasteiger partial charge in [0, 0.05) is 0 Å². The molecule has 14 heteroatoms. The highest BCUT2D eigenvalue weighted by Crippen LogP contribution is 2.43. The molecule has 23 heavy (non-hydrogen) atoms. The molecule has 0 bridgehead atoms. The molecule has 5 N–H and O–H groups in total. The van der Waals surface area contributed by atoms with Gasteiger partial charge in [0.15, 0.2) is 12.0 Å². The molecule has 0 aromatic carbocycles. The van der Waals surface area contributed by atoms with Crippen LogP contribution in [0.15, 0.2) is 11.0 Å². The summed E-state index contributed by atoms with van der Waals surface area (Å²) in [5, 5.41) is 19.7. The fourth-order valence-electron chi connectivity index (χ4n) is 1.62. The van der Waals surface area contributed by atoms with Crippen molar-refractivity contribution in [3.63, 3.8) is 0 Å². The van der Waals surface area contributed by atoms with Gasteiger partial charge in [-0.2, -0.15) is 0 Å². The van der Waals surface area contributed by atoms with E-state index in [1.54, 1.807) is 4.98 Å². The Balaban J connectivity index is 2.59. The number of nitrogens with one attached hydrogen (secondary N) is 1. The SMILES string of the molecule is [2H]C([2H])(OP(=O)(O)O)[C@@]1(F)O[C@@]([2H])(n2cc(F)c(=S)[nH]c2=O)[C@H](O)[C@@H]1O. The number of aromatic amines is 1. The number of hydrogen-bond donors (Lipinski definition) is 5.